The van der Waals surface area contributed by atoms with Crippen molar-refractivity contribution in [3.8, 4) is 0 Å². The van der Waals surface area contributed by atoms with Crippen molar-refractivity contribution in [2.75, 3.05) is 11.4 Å². The second-order valence-corrected chi connectivity index (χ2v) is 6.72. The minimum atomic E-state index is -0.912. The predicted octanol–water partition coefficient (Wildman–Crippen LogP) is 3.00. The quantitative estimate of drug-likeness (QED) is 0.780. The largest absolute Gasteiger partial charge is 0.356 e. The van der Waals surface area contributed by atoms with Crippen LogP contribution in [0, 0.1) is 12.7 Å². The molecule has 1 heterocycles. The molecule has 4 amide bonds. The molecule has 3 rings (SSSR count). The molecular weight excluding hydrogens is 361 g/mol. The first kappa shape index (κ1) is 19.5. The highest BCUT2D eigenvalue weighted by Crippen LogP contribution is 2.28. The third kappa shape index (κ3) is 4.03. The summed E-state index contributed by atoms with van der Waals surface area (Å²) in [5.74, 6) is -1.13. The molecule has 0 spiro atoms. The van der Waals surface area contributed by atoms with Crippen molar-refractivity contribution in [2.24, 2.45) is 0 Å². The van der Waals surface area contributed by atoms with Crippen LogP contribution >= 0.6 is 0 Å². The summed E-state index contributed by atoms with van der Waals surface area (Å²) < 4.78 is 13.2. The number of halogens is 1. The Labute approximate surface area is 162 Å². The highest BCUT2D eigenvalue weighted by Gasteiger charge is 2.46. The lowest BCUT2D eigenvalue weighted by molar-refractivity contribution is -0.127. The van der Waals surface area contributed by atoms with Crippen molar-refractivity contribution < 1.29 is 18.8 Å². The van der Waals surface area contributed by atoms with Crippen LogP contribution in [0.2, 0.25) is 0 Å². The predicted molar refractivity (Wildman–Crippen MR) is 103 cm³/mol. The van der Waals surface area contributed by atoms with Gasteiger partial charge >= 0.3 is 6.03 Å². The maximum absolute atomic E-state index is 13.2. The molecule has 1 atom stereocenters. The normalized spacial score (nSPS) is 16.6. The molecule has 0 radical (unpaired) electrons. The second-order valence-electron chi connectivity index (χ2n) is 6.72. The number of anilines is 1. The van der Waals surface area contributed by atoms with Crippen LogP contribution in [0.15, 0.2) is 48.5 Å². The van der Waals surface area contributed by atoms with E-state index in [4.69, 9.17) is 0 Å². The summed E-state index contributed by atoms with van der Waals surface area (Å²) in [5, 5.41) is 2.66. The van der Waals surface area contributed by atoms with Crippen LogP contribution in [-0.4, -0.2) is 35.3 Å². The Hall–Kier alpha value is -3.22. The molecule has 2 aromatic rings. The highest BCUT2D eigenvalue weighted by atomic mass is 19.1. The Morgan fingerprint density at radius 3 is 2.32 bits per heavy atom. The van der Waals surface area contributed by atoms with Gasteiger partial charge in [-0.2, -0.15) is 0 Å². The fourth-order valence-electron chi connectivity index (χ4n) is 3.18. The first-order valence-electron chi connectivity index (χ1n) is 9.13. The molecule has 1 aliphatic heterocycles. The summed E-state index contributed by atoms with van der Waals surface area (Å²) in [6, 6.07) is 11.4. The van der Waals surface area contributed by atoms with Crippen molar-refractivity contribution in [1.29, 1.82) is 0 Å². The van der Waals surface area contributed by atoms with Gasteiger partial charge in [0.2, 0.25) is 5.91 Å². The van der Waals surface area contributed by atoms with E-state index in [-0.39, 0.29) is 24.7 Å². The zero-order valence-corrected chi connectivity index (χ0v) is 15.8. The summed E-state index contributed by atoms with van der Waals surface area (Å²) >= 11 is 0. The van der Waals surface area contributed by atoms with E-state index in [0.717, 1.165) is 10.5 Å². The summed E-state index contributed by atoms with van der Waals surface area (Å²) in [6.07, 6.45) is -0.123. The van der Waals surface area contributed by atoms with Crippen molar-refractivity contribution in [2.45, 2.75) is 32.9 Å². The molecule has 1 aliphatic rings. The highest BCUT2D eigenvalue weighted by molar-refractivity contribution is 6.22. The van der Waals surface area contributed by atoms with Gasteiger partial charge < -0.3 is 10.2 Å². The summed E-state index contributed by atoms with van der Waals surface area (Å²) in [6.45, 7) is 4.25. The fourth-order valence-corrected chi connectivity index (χ4v) is 3.18. The van der Waals surface area contributed by atoms with Crippen LogP contribution in [0.25, 0.3) is 0 Å². The lowest BCUT2D eigenvalue weighted by atomic mass is 10.1. The maximum atomic E-state index is 13.2. The van der Waals surface area contributed by atoms with Gasteiger partial charge in [0.15, 0.2) is 0 Å². The topological polar surface area (TPSA) is 69.7 Å². The molecule has 7 heteroatoms. The fraction of sp³-hybridized carbons (Fsp3) is 0.286. The van der Waals surface area contributed by atoms with E-state index < -0.39 is 18.0 Å². The van der Waals surface area contributed by atoms with Gasteiger partial charge in [-0.05, 0) is 43.7 Å². The van der Waals surface area contributed by atoms with E-state index in [1.807, 2.05) is 19.1 Å². The molecule has 0 bridgehead atoms. The maximum Gasteiger partial charge on any atom is 0.332 e. The Morgan fingerprint density at radius 2 is 1.71 bits per heavy atom. The second kappa shape index (κ2) is 8.21. The van der Waals surface area contributed by atoms with E-state index in [9.17, 15) is 18.8 Å². The molecule has 2 aromatic carbocycles. The lowest BCUT2D eigenvalue weighted by Gasteiger charge is -2.21. The molecule has 1 saturated heterocycles. The number of nitrogens with one attached hydrogen (secondary N) is 1. The Balaban J connectivity index is 1.91. The number of aryl methyl sites for hydroxylation is 1. The average Bonchev–Trinajstić information content (AvgIpc) is 2.89. The molecule has 0 aromatic heterocycles. The third-order valence-electron chi connectivity index (χ3n) is 4.63. The van der Waals surface area contributed by atoms with Gasteiger partial charge in [-0.1, -0.05) is 29.8 Å². The van der Waals surface area contributed by atoms with Gasteiger partial charge in [0.25, 0.3) is 5.91 Å². The zero-order valence-electron chi connectivity index (χ0n) is 15.8. The van der Waals surface area contributed by atoms with E-state index in [1.165, 1.54) is 17.0 Å². The smallest absolute Gasteiger partial charge is 0.332 e. The first-order chi connectivity index (χ1) is 13.4. The number of carbonyl (C=O) groups excluding carboxylic acids is 3. The number of amides is 4. The van der Waals surface area contributed by atoms with Gasteiger partial charge in [-0.3, -0.25) is 9.59 Å². The monoisotopic (exact) mass is 383 g/mol. The molecule has 0 saturated carbocycles. The van der Waals surface area contributed by atoms with Crippen LogP contribution in [0.4, 0.5) is 14.9 Å². The number of rotatable bonds is 6. The number of urea groups is 1. The summed E-state index contributed by atoms with van der Waals surface area (Å²) in [7, 11) is 0. The standard InChI is InChI=1S/C21H22FN3O3/c1-3-23-19(26)12-18-20(27)25(17-10-4-14(2)5-11-17)21(28)24(18)13-15-6-8-16(22)9-7-15/h4-11,18H,3,12-13H2,1-2H3,(H,23,26)/t18-/m1/s1. The number of hydrogen-bond donors (Lipinski definition) is 1. The van der Waals surface area contributed by atoms with Crippen molar-refractivity contribution in [3.05, 3.63) is 65.5 Å². The SMILES string of the molecule is CCNC(=O)C[C@@H]1C(=O)N(c2ccc(C)cc2)C(=O)N1Cc1ccc(F)cc1. The lowest BCUT2D eigenvalue weighted by Crippen LogP contribution is -2.39. The van der Waals surface area contributed by atoms with Gasteiger partial charge in [0.05, 0.1) is 12.1 Å². The Morgan fingerprint density at radius 1 is 1.07 bits per heavy atom. The first-order valence-corrected chi connectivity index (χ1v) is 9.13. The van der Waals surface area contributed by atoms with Gasteiger partial charge in [0.1, 0.15) is 11.9 Å². The Kier molecular flexibility index (Phi) is 5.73. The van der Waals surface area contributed by atoms with E-state index in [2.05, 4.69) is 5.32 Å². The molecule has 0 unspecified atom stereocenters. The molecule has 0 aliphatic carbocycles. The van der Waals surface area contributed by atoms with Crippen LogP contribution in [0.3, 0.4) is 0 Å². The van der Waals surface area contributed by atoms with Crippen LogP contribution in [0.5, 0.6) is 0 Å². The zero-order chi connectivity index (χ0) is 20.3. The average molecular weight is 383 g/mol. The molecule has 28 heavy (non-hydrogen) atoms. The van der Waals surface area contributed by atoms with Crippen molar-refractivity contribution in [1.82, 2.24) is 10.2 Å². The van der Waals surface area contributed by atoms with E-state index in [1.54, 1.807) is 31.2 Å². The van der Waals surface area contributed by atoms with E-state index in [0.29, 0.717) is 17.8 Å². The molecular formula is C21H22FN3O3. The van der Waals surface area contributed by atoms with Crippen molar-refractivity contribution in [3.63, 3.8) is 0 Å². The number of hydrogen-bond acceptors (Lipinski definition) is 3. The number of nitrogens with zero attached hydrogens (tertiary/aromatic N) is 2. The van der Waals surface area contributed by atoms with E-state index >= 15 is 0 Å². The number of carbonyl (C=O) groups is 3. The molecule has 146 valence electrons. The minimum absolute atomic E-state index is 0.108. The van der Waals surface area contributed by atoms with Crippen LogP contribution in [-0.2, 0) is 16.1 Å². The third-order valence-corrected chi connectivity index (χ3v) is 4.63. The van der Waals surface area contributed by atoms with Gasteiger partial charge in [-0.15, -0.1) is 0 Å². The number of benzene rings is 2. The van der Waals surface area contributed by atoms with Crippen LogP contribution in [0.1, 0.15) is 24.5 Å². The number of imide groups is 1. The summed E-state index contributed by atoms with van der Waals surface area (Å²) in [5.41, 5.74) is 2.14. The van der Waals surface area contributed by atoms with Gasteiger partial charge in [0, 0.05) is 13.1 Å². The van der Waals surface area contributed by atoms with Crippen LogP contribution < -0.4 is 10.2 Å². The molecule has 1 N–H and O–H groups in total. The van der Waals surface area contributed by atoms with Gasteiger partial charge in [-0.25, -0.2) is 14.1 Å². The van der Waals surface area contributed by atoms with Crippen molar-refractivity contribution >= 4 is 23.5 Å². The summed E-state index contributed by atoms with van der Waals surface area (Å²) in [4.78, 5) is 40.6. The molecule has 6 nitrogen and oxygen atoms in total. The molecule has 1 fully saturated rings. The minimum Gasteiger partial charge on any atom is -0.356 e. The Bertz CT molecular complexity index is 881.